The van der Waals surface area contributed by atoms with Gasteiger partial charge in [0.25, 0.3) is 0 Å². The molecule has 0 radical (unpaired) electrons. The third-order valence-corrected chi connectivity index (χ3v) is 3.02. The van der Waals surface area contributed by atoms with Crippen LogP contribution in [0.1, 0.15) is 26.7 Å². The molecule has 1 aromatic carbocycles. The number of hydrogen-bond donors (Lipinski definition) is 0. The summed E-state index contributed by atoms with van der Waals surface area (Å²) >= 11 is 5.94. The van der Waals surface area contributed by atoms with Crippen LogP contribution in [0.5, 0.6) is 11.8 Å². The van der Waals surface area contributed by atoms with E-state index in [2.05, 4.69) is 15.0 Å². The first-order valence-corrected chi connectivity index (χ1v) is 7.33. The lowest BCUT2D eigenvalue weighted by Gasteiger charge is -2.09. The summed E-state index contributed by atoms with van der Waals surface area (Å²) in [7, 11) is 0. The highest BCUT2D eigenvalue weighted by Gasteiger charge is 2.23. The van der Waals surface area contributed by atoms with Crippen molar-refractivity contribution in [3.05, 3.63) is 29.5 Å². The van der Waals surface area contributed by atoms with E-state index in [9.17, 15) is 0 Å². The largest absolute Gasteiger partial charge is 0.490 e. The van der Waals surface area contributed by atoms with E-state index in [0.717, 1.165) is 24.2 Å². The van der Waals surface area contributed by atoms with Gasteiger partial charge < -0.3 is 9.47 Å². The number of aromatic nitrogens is 3. The van der Waals surface area contributed by atoms with Crippen LogP contribution in [-0.2, 0) is 0 Å². The SMILES string of the molecule is CC(C)Oc1nc(Cl)nc(-c2cccc(OC3CC3)c2)n1. The normalized spacial score (nSPS) is 14.3. The zero-order chi connectivity index (χ0) is 14.8. The van der Waals surface area contributed by atoms with Gasteiger partial charge in [-0.2, -0.15) is 15.0 Å². The molecule has 0 unspecified atom stereocenters. The molecular formula is C15H16ClN3O2. The van der Waals surface area contributed by atoms with E-state index in [1.165, 1.54) is 0 Å². The molecule has 1 saturated carbocycles. The highest BCUT2D eigenvalue weighted by atomic mass is 35.5. The molecule has 110 valence electrons. The highest BCUT2D eigenvalue weighted by molar-refractivity contribution is 6.28. The maximum absolute atomic E-state index is 5.94. The van der Waals surface area contributed by atoms with E-state index in [0.29, 0.717) is 11.9 Å². The van der Waals surface area contributed by atoms with Crippen LogP contribution in [0.2, 0.25) is 5.28 Å². The Labute approximate surface area is 128 Å². The predicted octanol–water partition coefficient (Wildman–Crippen LogP) is 3.52. The van der Waals surface area contributed by atoms with Gasteiger partial charge >= 0.3 is 6.01 Å². The van der Waals surface area contributed by atoms with Crippen molar-refractivity contribution in [2.75, 3.05) is 0 Å². The van der Waals surface area contributed by atoms with Crippen molar-refractivity contribution in [1.82, 2.24) is 15.0 Å². The zero-order valence-electron chi connectivity index (χ0n) is 11.9. The molecule has 0 N–H and O–H groups in total. The Balaban J connectivity index is 1.89. The molecule has 0 spiro atoms. The number of halogens is 1. The van der Waals surface area contributed by atoms with Gasteiger partial charge in [-0.05, 0) is 50.4 Å². The second-order valence-corrected chi connectivity index (χ2v) is 5.56. The predicted molar refractivity (Wildman–Crippen MR) is 79.7 cm³/mol. The van der Waals surface area contributed by atoms with Gasteiger partial charge in [-0.15, -0.1) is 0 Å². The van der Waals surface area contributed by atoms with Gasteiger partial charge in [-0.25, -0.2) is 0 Å². The van der Waals surface area contributed by atoms with Crippen LogP contribution in [0, 0.1) is 0 Å². The molecule has 1 aromatic heterocycles. The zero-order valence-corrected chi connectivity index (χ0v) is 12.7. The van der Waals surface area contributed by atoms with Crippen molar-refractivity contribution in [2.45, 2.75) is 38.9 Å². The Bertz CT molecular complexity index is 645. The molecule has 6 heteroatoms. The summed E-state index contributed by atoms with van der Waals surface area (Å²) in [6.07, 6.45) is 2.56. The summed E-state index contributed by atoms with van der Waals surface area (Å²) < 4.78 is 11.3. The van der Waals surface area contributed by atoms with Gasteiger partial charge in [0, 0.05) is 5.56 Å². The second kappa shape index (κ2) is 5.85. The van der Waals surface area contributed by atoms with E-state index in [1.54, 1.807) is 0 Å². The Morgan fingerprint density at radius 1 is 1.19 bits per heavy atom. The monoisotopic (exact) mass is 305 g/mol. The molecule has 0 aliphatic heterocycles. The molecule has 0 amide bonds. The first-order chi connectivity index (χ1) is 10.1. The minimum Gasteiger partial charge on any atom is -0.490 e. The molecular weight excluding hydrogens is 290 g/mol. The van der Waals surface area contributed by atoms with Gasteiger partial charge in [-0.3, -0.25) is 0 Å². The highest BCUT2D eigenvalue weighted by Crippen LogP contribution is 2.29. The van der Waals surface area contributed by atoms with Crippen LogP contribution in [0.15, 0.2) is 24.3 Å². The topological polar surface area (TPSA) is 57.1 Å². The third-order valence-electron chi connectivity index (χ3n) is 2.85. The second-order valence-electron chi connectivity index (χ2n) is 5.22. The van der Waals surface area contributed by atoms with E-state index >= 15 is 0 Å². The Hall–Kier alpha value is -1.88. The first-order valence-electron chi connectivity index (χ1n) is 6.95. The van der Waals surface area contributed by atoms with Crippen molar-refractivity contribution in [1.29, 1.82) is 0 Å². The fourth-order valence-electron chi connectivity index (χ4n) is 1.81. The summed E-state index contributed by atoms with van der Waals surface area (Å²) in [5, 5.41) is 0.115. The van der Waals surface area contributed by atoms with Crippen LogP contribution >= 0.6 is 11.6 Å². The third kappa shape index (κ3) is 3.82. The molecule has 0 atom stereocenters. The van der Waals surface area contributed by atoms with E-state index in [-0.39, 0.29) is 17.4 Å². The van der Waals surface area contributed by atoms with Crippen molar-refractivity contribution in [3.63, 3.8) is 0 Å². The number of ether oxygens (including phenoxy) is 2. The molecule has 2 aromatic rings. The lowest BCUT2D eigenvalue weighted by Crippen LogP contribution is -2.09. The lowest BCUT2D eigenvalue weighted by atomic mass is 10.2. The molecule has 1 fully saturated rings. The summed E-state index contributed by atoms with van der Waals surface area (Å²) in [6.45, 7) is 3.81. The smallest absolute Gasteiger partial charge is 0.321 e. The Kier molecular flexibility index (Phi) is 3.92. The number of nitrogens with zero attached hydrogens (tertiary/aromatic N) is 3. The average Bonchev–Trinajstić information content (AvgIpc) is 3.21. The van der Waals surface area contributed by atoms with E-state index in [1.807, 2.05) is 38.1 Å². The van der Waals surface area contributed by atoms with Crippen LogP contribution in [-0.4, -0.2) is 27.2 Å². The van der Waals surface area contributed by atoms with Crippen LogP contribution in [0.3, 0.4) is 0 Å². The minimum atomic E-state index is -0.0270. The molecule has 21 heavy (non-hydrogen) atoms. The molecule has 1 heterocycles. The van der Waals surface area contributed by atoms with Crippen LogP contribution in [0.25, 0.3) is 11.4 Å². The van der Waals surface area contributed by atoms with Gasteiger partial charge in [-0.1, -0.05) is 12.1 Å². The summed E-state index contributed by atoms with van der Waals surface area (Å²) in [5.74, 6) is 1.30. The standard InChI is InChI=1S/C15H16ClN3O2/c1-9(2)20-15-18-13(17-14(16)19-15)10-4-3-5-12(8-10)21-11-6-7-11/h3-5,8-9,11H,6-7H2,1-2H3. The molecule has 0 bridgehead atoms. The maximum Gasteiger partial charge on any atom is 0.321 e. The molecule has 1 aliphatic carbocycles. The molecule has 3 rings (SSSR count). The summed E-state index contributed by atoms with van der Waals surface area (Å²) in [4.78, 5) is 12.4. The fourth-order valence-corrected chi connectivity index (χ4v) is 1.96. The molecule has 0 saturated heterocycles. The van der Waals surface area contributed by atoms with E-state index < -0.39 is 0 Å². The quantitative estimate of drug-likeness (QED) is 0.846. The van der Waals surface area contributed by atoms with Crippen molar-refractivity contribution < 1.29 is 9.47 Å². The number of hydrogen-bond acceptors (Lipinski definition) is 5. The van der Waals surface area contributed by atoms with Gasteiger partial charge in [0.2, 0.25) is 5.28 Å². The number of benzene rings is 1. The first kappa shape index (κ1) is 14.1. The van der Waals surface area contributed by atoms with Gasteiger partial charge in [0.15, 0.2) is 5.82 Å². The van der Waals surface area contributed by atoms with Gasteiger partial charge in [0.1, 0.15) is 5.75 Å². The Morgan fingerprint density at radius 2 is 2.00 bits per heavy atom. The van der Waals surface area contributed by atoms with Crippen LogP contribution < -0.4 is 9.47 Å². The van der Waals surface area contributed by atoms with Crippen molar-refractivity contribution in [3.8, 4) is 23.1 Å². The molecule has 5 nitrogen and oxygen atoms in total. The maximum atomic E-state index is 5.94. The number of rotatable bonds is 5. The van der Waals surface area contributed by atoms with Crippen molar-refractivity contribution >= 4 is 11.6 Å². The van der Waals surface area contributed by atoms with Crippen molar-refractivity contribution in [2.24, 2.45) is 0 Å². The molecule has 1 aliphatic rings. The van der Waals surface area contributed by atoms with E-state index in [4.69, 9.17) is 21.1 Å². The minimum absolute atomic E-state index is 0.0270. The summed E-state index contributed by atoms with van der Waals surface area (Å²) in [6, 6.07) is 7.88. The Morgan fingerprint density at radius 3 is 2.71 bits per heavy atom. The van der Waals surface area contributed by atoms with Crippen LogP contribution in [0.4, 0.5) is 0 Å². The average molecular weight is 306 g/mol. The van der Waals surface area contributed by atoms with Gasteiger partial charge in [0.05, 0.1) is 12.2 Å². The summed E-state index contributed by atoms with van der Waals surface area (Å²) in [5.41, 5.74) is 0.825. The fraction of sp³-hybridized carbons (Fsp3) is 0.400. The lowest BCUT2D eigenvalue weighted by molar-refractivity contribution is 0.222.